The topological polar surface area (TPSA) is 38.9 Å². The highest BCUT2D eigenvalue weighted by Gasteiger charge is 2.05. The van der Waals surface area contributed by atoms with Gasteiger partial charge >= 0.3 is 0 Å². The number of nitrogens with two attached hydrogens (primary N) is 1. The average molecular weight is 240 g/mol. The number of fused-ring (bicyclic) bond motifs is 1. The molecule has 0 fully saturated rings. The van der Waals surface area contributed by atoms with Crippen molar-refractivity contribution in [1.29, 1.82) is 0 Å². The molecule has 17 heavy (non-hydrogen) atoms. The van der Waals surface area contributed by atoms with Gasteiger partial charge in [-0.05, 0) is 42.1 Å². The fraction of sp³-hybridized carbons (Fsp3) is 0.0714. The molecule has 2 nitrogen and oxygen atoms in total. The lowest BCUT2D eigenvalue weighted by molar-refractivity contribution is 1.34. The molecule has 0 aliphatic heterocycles. The van der Waals surface area contributed by atoms with Crippen LogP contribution in [0.2, 0.25) is 0 Å². The molecule has 0 bridgehead atoms. The lowest BCUT2D eigenvalue weighted by Crippen LogP contribution is -1.86. The predicted octanol–water partition coefficient (Wildman–Crippen LogP) is 3.85. The number of benzene rings is 1. The highest BCUT2D eigenvalue weighted by atomic mass is 32.1. The first kappa shape index (κ1) is 10.3. The van der Waals surface area contributed by atoms with E-state index in [1.54, 1.807) is 17.5 Å². The molecule has 3 aromatic rings. The van der Waals surface area contributed by atoms with E-state index in [4.69, 9.17) is 5.73 Å². The fourth-order valence-electron chi connectivity index (χ4n) is 1.82. The maximum Gasteiger partial charge on any atom is 0.0803 e. The minimum Gasteiger partial charge on any atom is -0.397 e. The zero-order valence-electron chi connectivity index (χ0n) is 9.47. The van der Waals surface area contributed by atoms with E-state index >= 15 is 0 Å². The molecule has 2 N–H and O–H groups in total. The largest absolute Gasteiger partial charge is 0.397 e. The van der Waals surface area contributed by atoms with Crippen LogP contribution in [0.15, 0.2) is 42.6 Å². The standard InChI is InChI=1S/C14H12N2S/c1-9-2-3-10-7-14(17-13(10)6-9)12-5-4-11(15)8-16-12/h2-8H,15H2,1H3. The van der Waals surface area contributed by atoms with Gasteiger partial charge in [-0.2, -0.15) is 0 Å². The van der Waals surface area contributed by atoms with Crippen molar-refractivity contribution in [2.24, 2.45) is 0 Å². The number of nitrogen functional groups attached to an aromatic ring is 1. The molecule has 2 heterocycles. The van der Waals surface area contributed by atoms with Crippen LogP contribution in [0.3, 0.4) is 0 Å². The van der Waals surface area contributed by atoms with Crippen molar-refractivity contribution >= 4 is 27.1 Å². The summed E-state index contributed by atoms with van der Waals surface area (Å²) >= 11 is 1.77. The Morgan fingerprint density at radius 3 is 2.76 bits per heavy atom. The molecule has 3 heteroatoms. The van der Waals surface area contributed by atoms with Gasteiger partial charge in [0.2, 0.25) is 0 Å². The van der Waals surface area contributed by atoms with E-state index in [1.807, 2.05) is 12.1 Å². The third kappa shape index (κ3) is 1.89. The summed E-state index contributed by atoms with van der Waals surface area (Å²) in [5.74, 6) is 0. The summed E-state index contributed by atoms with van der Waals surface area (Å²) < 4.78 is 1.30. The predicted molar refractivity (Wildman–Crippen MR) is 74.2 cm³/mol. The molecule has 3 rings (SSSR count). The zero-order chi connectivity index (χ0) is 11.8. The molecule has 0 amide bonds. The molecular formula is C14H12N2S. The third-order valence-electron chi connectivity index (χ3n) is 2.71. The van der Waals surface area contributed by atoms with Crippen molar-refractivity contribution < 1.29 is 0 Å². The van der Waals surface area contributed by atoms with Crippen molar-refractivity contribution in [3.63, 3.8) is 0 Å². The Kier molecular flexibility index (Phi) is 2.34. The lowest BCUT2D eigenvalue weighted by atomic mass is 10.2. The van der Waals surface area contributed by atoms with Crippen molar-refractivity contribution in [3.8, 4) is 10.6 Å². The van der Waals surface area contributed by atoms with Crippen LogP contribution < -0.4 is 5.73 Å². The summed E-state index contributed by atoms with van der Waals surface area (Å²) in [7, 11) is 0. The van der Waals surface area contributed by atoms with Gasteiger partial charge in [-0.15, -0.1) is 11.3 Å². The summed E-state index contributed by atoms with van der Waals surface area (Å²) in [5.41, 5.74) is 8.61. The number of hydrogen-bond acceptors (Lipinski definition) is 3. The molecule has 0 unspecified atom stereocenters. The number of thiophene rings is 1. The Morgan fingerprint density at radius 1 is 1.12 bits per heavy atom. The van der Waals surface area contributed by atoms with Gasteiger partial charge in [0.05, 0.1) is 22.5 Å². The van der Waals surface area contributed by atoms with Gasteiger partial charge in [0.25, 0.3) is 0 Å². The molecule has 0 radical (unpaired) electrons. The Hall–Kier alpha value is -1.87. The van der Waals surface area contributed by atoms with Crippen LogP contribution in [0.25, 0.3) is 20.7 Å². The number of pyridine rings is 1. The lowest BCUT2D eigenvalue weighted by Gasteiger charge is -1.95. The van der Waals surface area contributed by atoms with Gasteiger partial charge in [0, 0.05) is 4.70 Å². The minimum atomic E-state index is 0.700. The maximum atomic E-state index is 5.64. The normalized spacial score (nSPS) is 10.9. The van der Waals surface area contributed by atoms with E-state index in [0.717, 1.165) is 5.69 Å². The van der Waals surface area contributed by atoms with Gasteiger partial charge in [0.1, 0.15) is 0 Å². The number of nitrogens with zero attached hydrogens (tertiary/aromatic N) is 1. The summed E-state index contributed by atoms with van der Waals surface area (Å²) in [6.07, 6.45) is 1.70. The summed E-state index contributed by atoms with van der Waals surface area (Å²) in [4.78, 5) is 5.54. The minimum absolute atomic E-state index is 0.700. The Bertz CT molecular complexity index is 668. The van der Waals surface area contributed by atoms with Crippen molar-refractivity contribution in [2.45, 2.75) is 6.92 Å². The Balaban J connectivity index is 2.14. The number of anilines is 1. The Labute approximate surface area is 104 Å². The monoisotopic (exact) mass is 240 g/mol. The number of rotatable bonds is 1. The van der Waals surface area contributed by atoms with Gasteiger partial charge in [-0.3, -0.25) is 4.98 Å². The smallest absolute Gasteiger partial charge is 0.0803 e. The Morgan fingerprint density at radius 2 is 2.00 bits per heavy atom. The van der Waals surface area contributed by atoms with Crippen LogP contribution >= 0.6 is 11.3 Å². The summed E-state index contributed by atoms with van der Waals surface area (Å²) in [6, 6.07) is 12.5. The third-order valence-corrected chi connectivity index (χ3v) is 3.83. The molecule has 0 saturated carbocycles. The highest BCUT2D eigenvalue weighted by molar-refractivity contribution is 7.22. The van der Waals surface area contributed by atoms with E-state index in [9.17, 15) is 0 Å². The van der Waals surface area contributed by atoms with Gasteiger partial charge in [-0.25, -0.2) is 0 Å². The van der Waals surface area contributed by atoms with Crippen molar-refractivity contribution in [1.82, 2.24) is 4.98 Å². The van der Waals surface area contributed by atoms with Crippen LogP contribution in [0.1, 0.15) is 5.56 Å². The van der Waals surface area contributed by atoms with Crippen LogP contribution in [-0.4, -0.2) is 4.98 Å². The SMILES string of the molecule is Cc1ccc2cc(-c3ccc(N)cn3)sc2c1. The average Bonchev–Trinajstić information content (AvgIpc) is 2.72. The maximum absolute atomic E-state index is 5.64. The molecular weight excluding hydrogens is 228 g/mol. The van der Waals surface area contributed by atoms with E-state index < -0.39 is 0 Å². The fourth-order valence-corrected chi connectivity index (χ4v) is 2.95. The van der Waals surface area contributed by atoms with E-state index in [2.05, 4.69) is 36.2 Å². The number of hydrogen-bond donors (Lipinski definition) is 1. The second kappa shape index (κ2) is 3.86. The summed E-state index contributed by atoms with van der Waals surface area (Å²) in [5, 5.41) is 1.27. The zero-order valence-corrected chi connectivity index (χ0v) is 10.3. The summed E-state index contributed by atoms with van der Waals surface area (Å²) in [6.45, 7) is 2.11. The van der Waals surface area contributed by atoms with Crippen LogP contribution in [0.4, 0.5) is 5.69 Å². The molecule has 2 aromatic heterocycles. The molecule has 0 aliphatic rings. The molecule has 1 aromatic carbocycles. The molecule has 84 valence electrons. The van der Waals surface area contributed by atoms with Gasteiger partial charge < -0.3 is 5.73 Å². The van der Waals surface area contributed by atoms with Crippen LogP contribution in [0, 0.1) is 6.92 Å². The van der Waals surface area contributed by atoms with Crippen molar-refractivity contribution in [3.05, 3.63) is 48.2 Å². The number of aryl methyl sites for hydroxylation is 1. The molecule has 0 aliphatic carbocycles. The van der Waals surface area contributed by atoms with E-state index in [-0.39, 0.29) is 0 Å². The molecule has 0 saturated heterocycles. The van der Waals surface area contributed by atoms with Crippen molar-refractivity contribution in [2.75, 3.05) is 5.73 Å². The van der Waals surface area contributed by atoms with E-state index in [0.29, 0.717) is 5.69 Å². The first-order valence-corrected chi connectivity index (χ1v) is 6.26. The molecule has 0 atom stereocenters. The first-order valence-electron chi connectivity index (χ1n) is 5.44. The quantitative estimate of drug-likeness (QED) is 0.701. The molecule has 0 spiro atoms. The van der Waals surface area contributed by atoms with Gasteiger partial charge in [0.15, 0.2) is 0 Å². The number of aromatic nitrogens is 1. The second-order valence-corrected chi connectivity index (χ2v) is 5.21. The highest BCUT2D eigenvalue weighted by Crippen LogP contribution is 2.33. The van der Waals surface area contributed by atoms with Crippen LogP contribution in [0.5, 0.6) is 0 Å². The second-order valence-electron chi connectivity index (χ2n) is 4.13. The first-order chi connectivity index (χ1) is 8.22. The van der Waals surface area contributed by atoms with E-state index in [1.165, 1.54) is 20.5 Å². The van der Waals surface area contributed by atoms with Crippen LogP contribution in [-0.2, 0) is 0 Å². The van der Waals surface area contributed by atoms with Gasteiger partial charge in [-0.1, -0.05) is 12.1 Å².